The first-order chi connectivity index (χ1) is 21.8. The Labute approximate surface area is 266 Å². The summed E-state index contributed by atoms with van der Waals surface area (Å²) in [4.78, 5) is 33.8. The molecule has 9 nitrogen and oxygen atoms in total. The number of hydrogen-bond acceptors (Lipinski definition) is 9. The first-order valence-corrected chi connectivity index (χ1v) is 16.2. The van der Waals surface area contributed by atoms with Crippen molar-refractivity contribution in [2.24, 2.45) is 0 Å². The third-order valence-electron chi connectivity index (χ3n) is 7.82. The van der Waals surface area contributed by atoms with Gasteiger partial charge in [-0.3, -0.25) is 14.5 Å². The third kappa shape index (κ3) is 5.82. The number of aliphatic hydroxyl groups excluding tert-OH is 1. The molecule has 2 aliphatic rings. The number of ether oxygens (including phenoxy) is 4. The van der Waals surface area contributed by atoms with Gasteiger partial charge in [0.05, 0.1) is 41.7 Å². The molecule has 0 bridgehead atoms. The van der Waals surface area contributed by atoms with E-state index in [1.807, 2.05) is 45.0 Å². The summed E-state index contributed by atoms with van der Waals surface area (Å²) >= 11 is 1.28. The highest BCUT2D eigenvalue weighted by Crippen LogP contribution is 2.46. The molecule has 2 atom stereocenters. The Bertz CT molecular complexity index is 1800. The zero-order valence-electron chi connectivity index (χ0n) is 25.8. The second kappa shape index (κ2) is 12.8. The van der Waals surface area contributed by atoms with Crippen LogP contribution in [0.1, 0.15) is 63.3 Å². The molecule has 234 valence electrons. The summed E-state index contributed by atoms with van der Waals surface area (Å²) in [6, 6.07) is 15.2. The molecule has 4 aromatic rings. The Morgan fingerprint density at radius 3 is 2.60 bits per heavy atom. The molecule has 45 heavy (non-hydrogen) atoms. The number of fused-ring (bicyclic) bond motifs is 2. The summed E-state index contributed by atoms with van der Waals surface area (Å²) in [7, 11) is 0. The number of hydrogen-bond donors (Lipinski definition) is 1. The molecular weight excluding hydrogens is 592 g/mol. The van der Waals surface area contributed by atoms with E-state index in [2.05, 4.69) is 6.92 Å². The molecule has 3 aromatic carbocycles. The zero-order chi connectivity index (χ0) is 31.7. The third-order valence-corrected chi connectivity index (χ3v) is 8.84. The molecule has 1 fully saturated rings. The number of anilines is 1. The molecule has 1 N–H and O–H groups in total. The standard InChI is InChI=1S/C35H36N2O7S/c1-5-8-15-43-27-14-9-21(18-28(27)42-7-3)31-30(32(38)22-10-13-26-23(17-22)16-20(4)44-26)33(39)34(40)37(31)35-36-25-12-11-24(41-6-2)19-29(25)45-35/h9-14,17-20,31,38H,5-8,15-16H2,1-4H3/t20-,31-/m0/s1. The first-order valence-electron chi connectivity index (χ1n) is 15.4. The van der Waals surface area contributed by atoms with Crippen LogP contribution in [0.3, 0.4) is 0 Å². The molecule has 0 spiro atoms. The van der Waals surface area contributed by atoms with Gasteiger partial charge in [0.2, 0.25) is 0 Å². The minimum absolute atomic E-state index is 0.0142. The van der Waals surface area contributed by atoms with Crippen LogP contribution in [0.15, 0.2) is 60.2 Å². The van der Waals surface area contributed by atoms with Crippen LogP contribution >= 0.6 is 11.3 Å². The van der Waals surface area contributed by atoms with E-state index in [0.29, 0.717) is 65.3 Å². The van der Waals surface area contributed by atoms with Crippen LogP contribution in [0.2, 0.25) is 0 Å². The van der Waals surface area contributed by atoms with Crippen LogP contribution in [0.4, 0.5) is 5.13 Å². The summed E-state index contributed by atoms with van der Waals surface area (Å²) in [5.74, 6) is 0.672. The van der Waals surface area contributed by atoms with Crippen LogP contribution < -0.4 is 23.8 Å². The average Bonchev–Trinajstić information content (AvgIpc) is 3.69. The number of rotatable bonds is 11. The smallest absolute Gasteiger partial charge is 0.301 e. The van der Waals surface area contributed by atoms with E-state index in [1.165, 1.54) is 16.2 Å². The lowest BCUT2D eigenvalue weighted by molar-refractivity contribution is -0.132. The molecule has 1 aromatic heterocycles. The predicted octanol–water partition coefficient (Wildman–Crippen LogP) is 7.22. The Kier molecular flexibility index (Phi) is 8.67. The highest BCUT2D eigenvalue weighted by Gasteiger charge is 2.48. The zero-order valence-corrected chi connectivity index (χ0v) is 26.6. The Morgan fingerprint density at radius 2 is 1.82 bits per heavy atom. The molecule has 6 rings (SSSR count). The van der Waals surface area contributed by atoms with Crippen LogP contribution in [0, 0.1) is 0 Å². The average molecular weight is 629 g/mol. The lowest BCUT2D eigenvalue weighted by Crippen LogP contribution is -2.29. The van der Waals surface area contributed by atoms with Crippen molar-refractivity contribution >= 4 is 44.1 Å². The minimum Gasteiger partial charge on any atom is -0.507 e. The number of carbonyl (C=O) groups excluding carboxylic acids is 2. The molecule has 1 amide bonds. The normalized spacial score (nSPS) is 18.7. The van der Waals surface area contributed by atoms with E-state index in [9.17, 15) is 14.7 Å². The van der Waals surface area contributed by atoms with Crippen molar-refractivity contribution in [3.05, 3.63) is 76.9 Å². The molecular formula is C35H36N2O7S. The fourth-order valence-corrected chi connectivity index (χ4v) is 6.75. The quantitative estimate of drug-likeness (QED) is 0.0803. The molecule has 0 saturated carbocycles. The van der Waals surface area contributed by atoms with E-state index in [0.717, 1.165) is 28.9 Å². The maximum atomic E-state index is 13.9. The maximum absolute atomic E-state index is 13.9. The summed E-state index contributed by atoms with van der Waals surface area (Å²) in [5, 5.41) is 12.1. The van der Waals surface area contributed by atoms with Gasteiger partial charge in [0, 0.05) is 12.0 Å². The number of amides is 1. The molecule has 0 aliphatic carbocycles. The molecule has 10 heteroatoms. The molecule has 3 heterocycles. The number of carbonyl (C=O) groups is 2. The van der Waals surface area contributed by atoms with Crippen molar-refractivity contribution in [1.82, 2.24) is 4.98 Å². The molecule has 0 unspecified atom stereocenters. The lowest BCUT2D eigenvalue weighted by Gasteiger charge is -2.24. The maximum Gasteiger partial charge on any atom is 0.301 e. The van der Waals surface area contributed by atoms with Gasteiger partial charge in [-0.05, 0) is 86.8 Å². The number of thiazole rings is 1. The number of benzene rings is 3. The van der Waals surface area contributed by atoms with Gasteiger partial charge < -0.3 is 24.1 Å². The van der Waals surface area contributed by atoms with Crippen molar-refractivity contribution in [3.63, 3.8) is 0 Å². The second-order valence-electron chi connectivity index (χ2n) is 11.0. The van der Waals surface area contributed by atoms with E-state index in [-0.39, 0.29) is 17.4 Å². The number of ketones is 1. The van der Waals surface area contributed by atoms with E-state index >= 15 is 0 Å². The highest BCUT2D eigenvalue weighted by molar-refractivity contribution is 7.22. The van der Waals surface area contributed by atoms with Crippen molar-refractivity contribution < 1.29 is 33.6 Å². The Balaban J connectivity index is 1.50. The summed E-state index contributed by atoms with van der Waals surface area (Å²) < 4.78 is 24.3. The van der Waals surface area contributed by atoms with Crippen molar-refractivity contribution in [2.75, 3.05) is 24.7 Å². The number of unbranched alkanes of at least 4 members (excludes halogenated alkanes) is 1. The fraction of sp³-hybridized carbons (Fsp3) is 0.343. The molecule has 2 aliphatic heterocycles. The van der Waals surface area contributed by atoms with E-state index in [1.54, 1.807) is 30.3 Å². The molecule has 0 radical (unpaired) electrons. The Morgan fingerprint density at radius 1 is 1.00 bits per heavy atom. The van der Waals surface area contributed by atoms with Gasteiger partial charge in [0.15, 0.2) is 16.6 Å². The fourth-order valence-electron chi connectivity index (χ4n) is 5.73. The van der Waals surface area contributed by atoms with Crippen molar-refractivity contribution in [1.29, 1.82) is 0 Å². The van der Waals surface area contributed by atoms with Gasteiger partial charge in [0.1, 0.15) is 23.4 Å². The summed E-state index contributed by atoms with van der Waals surface area (Å²) in [6.07, 6.45) is 2.57. The van der Waals surface area contributed by atoms with Gasteiger partial charge in [-0.25, -0.2) is 4.98 Å². The van der Waals surface area contributed by atoms with Crippen LogP contribution in [0.25, 0.3) is 16.0 Å². The van der Waals surface area contributed by atoms with Crippen LogP contribution in [-0.2, 0) is 16.0 Å². The predicted molar refractivity (Wildman–Crippen MR) is 174 cm³/mol. The number of aliphatic hydroxyl groups is 1. The SMILES string of the molecule is CCCCOc1ccc([C@H]2C(=C(O)c3ccc4c(c3)C[C@H](C)O4)C(=O)C(=O)N2c2nc3ccc(OCC)cc3s2)cc1OCC. The van der Waals surface area contributed by atoms with Crippen molar-refractivity contribution in [2.45, 2.75) is 59.1 Å². The van der Waals surface area contributed by atoms with Gasteiger partial charge in [-0.1, -0.05) is 30.7 Å². The largest absolute Gasteiger partial charge is 0.507 e. The van der Waals surface area contributed by atoms with E-state index in [4.69, 9.17) is 23.9 Å². The monoisotopic (exact) mass is 628 g/mol. The Hall–Kier alpha value is -4.57. The topological polar surface area (TPSA) is 107 Å². The summed E-state index contributed by atoms with van der Waals surface area (Å²) in [6.45, 7) is 9.30. The number of nitrogens with zero attached hydrogens (tertiary/aromatic N) is 2. The molecule has 1 saturated heterocycles. The van der Waals surface area contributed by atoms with Gasteiger partial charge in [0.25, 0.3) is 5.78 Å². The van der Waals surface area contributed by atoms with E-state index < -0.39 is 17.7 Å². The van der Waals surface area contributed by atoms with Crippen LogP contribution in [0.5, 0.6) is 23.0 Å². The van der Waals surface area contributed by atoms with Gasteiger partial charge in [-0.2, -0.15) is 0 Å². The first kappa shape index (κ1) is 30.5. The minimum atomic E-state index is -0.968. The van der Waals surface area contributed by atoms with Gasteiger partial charge in [-0.15, -0.1) is 0 Å². The van der Waals surface area contributed by atoms with Crippen LogP contribution in [-0.4, -0.2) is 47.7 Å². The van der Waals surface area contributed by atoms with Crippen molar-refractivity contribution in [3.8, 4) is 23.0 Å². The number of Topliss-reactive ketones (excluding diaryl/α,β-unsaturated/α-hetero) is 1. The highest BCUT2D eigenvalue weighted by atomic mass is 32.1. The summed E-state index contributed by atoms with van der Waals surface area (Å²) in [5.41, 5.74) is 2.59. The number of aromatic nitrogens is 1. The van der Waals surface area contributed by atoms with Gasteiger partial charge >= 0.3 is 5.91 Å². The lowest BCUT2D eigenvalue weighted by atomic mass is 9.94. The second-order valence-corrected chi connectivity index (χ2v) is 12.0.